The van der Waals surface area contributed by atoms with Gasteiger partial charge in [-0.2, -0.15) is 0 Å². The lowest BCUT2D eigenvalue weighted by Gasteiger charge is -2.31. The second-order valence-electron chi connectivity index (χ2n) is 9.74. The minimum atomic E-state index is -0.393. The summed E-state index contributed by atoms with van der Waals surface area (Å²) in [6.07, 6.45) is 6.98. The number of esters is 1. The highest BCUT2D eigenvalue weighted by atomic mass is 16.5. The molecule has 0 radical (unpaired) electrons. The van der Waals surface area contributed by atoms with Gasteiger partial charge in [0.1, 0.15) is 12.3 Å². The van der Waals surface area contributed by atoms with Gasteiger partial charge in [-0.15, -0.1) is 0 Å². The third-order valence-corrected chi connectivity index (χ3v) is 7.15. The van der Waals surface area contributed by atoms with E-state index in [-0.39, 0.29) is 25.1 Å². The van der Waals surface area contributed by atoms with Gasteiger partial charge in [0.25, 0.3) is 0 Å². The van der Waals surface area contributed by atoms with E-state index in [1.807, 2.05) is 44.0 Å². The summed E-state index contributed by atoms with van der Waals surface area (Å²) in [5.41, 5.74) is 1.58. The second-order valence-corrected chi connectivity index (χ2v) is 9.74. The zero-order valence-corrected chi connectivity index (χ0v) is 23.3. The molecule has 1 fully saturated rings. The van der Waals surface area contributed by atoms with Crippen LogP contribution in [0.15, 0.2) is 23.2 Å². The molecule has 0 atom stereocenters. The first-order valence-corrected chi connectivity index (χ1v) is 13.9. The third kappa shape index (κ3) is 8.10. The molecule has 2 aliphatic rings. The smallest absolute Gasteiger partial charge is 0.325 e. The number of fused-ring (bicyclic) bond motifs is 1. The maximum absolute atomic E-state index is 12.7. The molecule has 0 saturated heterocycles. The summed E-state index contributed by atoms with van der Waals surface area (Å²) in [5, 5.41) is 2.85. The van der Waals surface area contributed by atoms with Crippen LogP contribution in [0.5, 0.6) is 5.75 Å². The minimum Gasteiger partial charge on any atom is -0.494 e. The van der Waals surface area contributed by atoms with Crippen molar-refractivity contribution in [1.29, 1.82) is 0 Å². The summed E-state index contributed by atoms with van der Waals surface area (Å²) < 4.78 is 11.1. The average Bonchev–Trinajstić information content (AvgIpc) is 2.92. The predicted octanol–water partition coefficient (Wildman–Crippen LogP) is 4.05. The lowest BCUT2D eigenvalue weighted by Crippen LogP contribution is -2.51. The van der Waals surface area contributed by atoms with Crippen molar-refractivity contribution in [2.45, 2.75) is 78.3 Å². The fraction of sp³-hybridized carbons (Fsp3) is 0.643. The molecule has 1 heterocycles. The zero-order chi connectivity index (χ0) is 27.5. The van der Waals surface area contributed by atoms with Gasteiger partial charge in [-0.05, 0) is 58.2 Å². The summed E-state index contributed by atoms with van der Waals surface area (Å²) in [4.78, 5) is 47.4. The van der Waals surface area contributed by atoms with E-state index in [9.17, 15) is 14.4 Å². The normalized spacial score (nSPS) is 15.3. The van der Waals surface area contributed by atoms with E-state index >= 15 is 0 Å². The van der Waals surface area contributed by atoms with Crippen molar-refractivity contribution in [1.82, 2.24) is 20.0 Å². The Hall–Kier alpha value is -3.30. The number of benzene rings is 1. The molecule has 3 rings (SSSR count). The monoisotopic (exact) mass is 529 g/mol. The van der Waals surface area contributed by atoms with Gasteiger partial charge in [0, 0.05) is 44.7 Å². The first-order valence-electron chi connectivity index (χ1n) is 13.9. The topological polar surface area (TPSA) is 104 Å². The molecular weight excluding hydrogens is 486 g/mol. The van der Waals surface area contributed by atoms with Crippen molar-refractivity contribution >= 4 is 29.6 Å². The number of urea groups is 1. The number of amides is 3. The van der Waals surface area contributed by atoms with Crippen molar-refractivity contribution in [2.24, 2.45) is 4.99 Å². The Morgan fingerprint density at radius 1 is 1.11 bits per heavy atom. The Morgan fingerprint density at radius 3 is 2.53 bits per heavy atom. The Balaban J connectivity index is 1.61. The van der Waals surface area contributed by atoms with Crippen molar-refractivity contribution in [3.05, 3.63) is 23.8 Å². The standard InChI is InChI=1S/C28H43N5O5/c1-5-32(6-2)28(36)30-27-29-24-16-15-23(18-21(24)19-33(27)20-26(35)37-7-3)38-17-11-14-25(34)31(4)22-12-9-8-10-13-22/h15-16,18,22H,5-14,17,19-20H2,1-4H3,(H,29,30,36). The van der Waals surface area contributed by atoms with Gasteiger partial charge in [0.2, 0.25) is 11.9 Å². The summed E-state index contributed by atoms with van der Waals surface area (Å²) in [7, 11) is 1.92. The zero-order valence-electron chi connectivity index (χ0n) is 23.3. The van der Waals surface area contributed by atoms with E-state index in [0.717, 1.165) is 18.4 Å². The van der Waals surface area contributed by atoms with Gasteiger partial charge in [0.05, 0.1) is 18.9 Å². The number of rotatable bonds is 11. The first kappa shape index (κ1) is 29.3. The molecule has 1 saturated carbocycles. The Labute approximate surface area is 226 Å². The average molecular weight is 530 g/mol. The molecule has 3 amide bonds. The highest BCUT2D eigenvalue weighted by Crippen LogP contribution is 2.30. The number of nitrogens with zero attached hydrogens (tertiary/aromatic N) is 4. The molecule has 38 heavy (non-hydrogen) atoms. The van der Waals surface area contributed by atoms with E-state index in [1.165, 1.54) is 19.3 Å². The number of nitrogens with one attached hydrogen (secondary N) is 1. The van der Waals surface area contributed by atoms with Gasteiger partial charge in [-0.25, -0.2) is 9.79 Å². The SMILES string of the molecule is CCOC(=O)CN1Cc2cc(OCCCC(=O)N(C)C3CCCCC3)ccc2N=C1NC(=O)N(CC)CC. The van der Waals surface area contributed by atoms with Gasteiger partial charge < -0.3 is 24.2 Å². The van der Waals surface area contributed by atoms with E-state index in [0.29, 0.717) is 62.5 Å². The highest BCUT2D eigenvalue weighted by Gasteiger charge is 2.26. The molecule has 1 N–H and O–H groups in total. The number of carbonyl (C=O) groups is 3. The van der Waals surface area contributed by atoms with E-state index in [2.05, 4.69) is 10.3 Å². The third-order valence-electron chi connectivity index (χ3n) is 7.15. The summed E-state index contributed by atoms with van der Waals surface area (Å²) in [6.45, 7) is 7.74. The number of ether oxygens (including phenoxy) is 2. The van der Waals surface area contributed by atoms with Crippen molar-refractivity contribution in [3.8, 4) is 5.75 Å². The molecule has 1 aliphatic carbocycles. The molecule has 0 spiro atoms. The summed E-state index contributed by atoms with van der Waals surface area (Å²) in [5.74, 6) is 0.778. The number of guanidine groups is 1. The predicted molar refractivity (Wildman–Crippen MR) is 146 cm³/mol. The molecule has 1 aromatic carbocycles. The van der Waals surface area contributed by atoms with E-state index in [4.69, 9.17) is 9.47 Å². The Kier molecular flexibility index (Phi) is 11.2. The first-order chi connectivity index (χ1) is 18.4. The molecular formula is C28H43N5O5. The number of aliphatic imine (C=N–C) groups is 1. The number of carbonyl (C=O) groups excluding carboxylic acids is 3. The van der Waals surface area contributed by atoms with Gasteiger partial charge >= 0.3 is 12.0 Å². The fourth-order valence-electron chi connectivity index (χ4n) is 4.90. The second kappa shape index (κ2) is 14.6. The van der Waals surface area contributed by atoms with Gasteiger partial charge in [-0.3, -0.25) is 14.9 Å². The van der Waals surface area contributed by atoms with Crippen LogP contribution in [0.2, 0.25) is 0 Å². The van der Waals surface area contributed by atoms with Crippen LogP contribution >= 0.6 is 0 Å². The maximum Gasteiger partial charge on any atom is 0.325 e. The summed E-state index contributed by atoms with van der Waals surface area (Å²) >= 11 is 0. The van der Waals surface area contributed by atoms with Crippen LogP contribution in [0, 0.1) is 0 Å². The molecule has 0 aromatic heterocycles. The van der Waals surface area contributed by atoms with E-state index < -0.39 is 5.97 Å². The van der Waals surface area contributed by atoms with E-state index in [1.54, 1.807) is 16.7 Å². The maximum atomic E-state index is 12.7. The lowest BCUT2D eigenvalue weighted by atomic mass is 9.94. The fourth-order valence-corrected chi connectivity index (χ4v) is 4.90. The Bertz CT molecular complexity index is 988. The van der Waals surface area contributed by atoms with Crippen molar-refractivity contribution < 1.29 is 23.9 Å². The largest absolute Gasteiger partial charge is 0.494 e. The quantitative estimate of drug-likeness (QED) is 0.343. The van der Waals surface area contributed by atoms with Gasteiger partial charge in [0.15, 0.2) is 0 Å². The van der Waals surface area contributed by atoms with Crippen molar-refractivity contribution in [2.75, 3.05) is 39.9 Å². The molecule has 0 bridgehead atoms. The van der Waals surface area contributed by atoms with Crippen LogP contribution in [0.3, 0.4) is 0 Å². The molecule has 10 heteroatoms. The van der Waals surface area contributed by atoms with Gasteiger partial charge in [-0.1, -0.05) is 19.3 Å². The summed E-state index contributed by atoms with van der Waals surface area (Å²) in [6, 6.07) is 5.68. The molecule has 1 aliphatic heterocycles. The molecule has 210 valence electrons. The van der Waals surface area contributed by atoms with Crippen LogP contribution in [-0.4, -0.2) is 84.5 Å². The number of hydrogen-bond acceptors (Lipinski definition) is 7. The van der Waals surface area contributed by atoms with Crippen LogP contribution in [0.25, 0.3) is 0 Å². The van der Waals surface area contributed by atoms with Crippen LogP contribution in [-0.2, 0) is 20.9 Å². The lowest BCUT2D eigenvalue weighted by molar-refractivity contribution is -0.143. The van der Waals surface area contributed by atoms with Crippen LogP contribution in [0.1, 0.15) is 71.3 Å². The molecule has 0 unspecified atom stereocenters. The molecule has 1 aromatic rings. The van der Waals surface area contributed by atoms with Crippen LogP contribution in [0.4, 0.5) is 10.5 Å². The minimum absolute atomic E-state index is 0.0354. The van der Waals surface area contributed by atoms with Crippen molar-refractivity contribution in [3.63, 3.8) is 0 Å². The highest BCUT2D eigenvalue weighted by molar-refractivity contribution is 5.99. The number of hydrogen-bond donors (Lipinski definition) is 1. The van der Waals surface area contributed by atoms with Crippen LogP contribution < -0.4 is 10.1 Å². The molecule has 10 nitrogen and oxygen atoms in total. The Morgan fingerprint density at radius 2 is 1.84 bits per heavy atom.